The van der Waals surface area contributed by atoms with Gasteiger partial charge in [0.15, 0.2) is 11.5 Å². The van der Waals surface area contributed by atoms with Crippen LogP contribution in [0.1, 0.15) is 18.0 Å². The molecule has 3 rings (SSSR count). The van der Waals surface area contributed by atoms with Gasteiger partial charge >= 0.3 is 0 Å². The lowest BCUT2D eigenvalue weighted by Crippen LogP contribution is -2.48. The summed E-state index contributed by atoms with van der Waals surface area (Å²) in [6.45, 7) is 2.27. The van der Waals surface area contributed by atoms with Gasteiger partial charge in [0.25, 0.3) is 0 Å². The van der Waals surface area contributed by atoms with E-state index in [0.717, 1.165) is 17.1 Å². The van der Waals surface area contributed by atoms with Gasteiger partial charge in [-0.3, -0.25) is 4.79 Å². The summed E-state index contributed by atoms with van der Waals surface area (Å²) in [5.41, 5.74) is 6.60. The van der Waals surface area contributed by atoms with Gasteiger partial charge in [-0.1, -0.05) is 6.07 Å². The molecule has 1 unspecified atom stereocenters. The first-order valence-electron chi connectivity index (χ1n) is 6.18. The minimum absolute atomic E-state index is 0.136. The molecular formula is C13H16N2O3. The van der Waals surface area contributed by atoms with E-state index < -0.39 is 0 Å². The van der Waals surface area contributed by atoms with Gasteiger partial charge in [-0.2, -0.15) is 0 Å². The fraction of sp³-hybridized carbons (Fsp3) is 0.462. The Hall–Kier alpha value is -1.75. The van der Waals surface area contributed by atoms with Crippen LogP contribution < -0.4 is 15.2 Å². The topological polar surface area (TPSA) is 64.8 Å². The van der Waals surface area contributed by atoms with Crippen LogP contribution >= 0.6 is 0 Å². The minimum atomic E-state index is 0.136. The number of rotatable bonds is 3. The molecule has 0 bridgehead atoms. The molecule has 2 N–H and O–H groups in total. The number of amides is 1. The fourth-order valence-electron chi connectivity index (χ4n) is 2.44. The van der Waals surface area contributed by atoms with E-state index in [1.807, 2.05) is 23.1 Å². The van der Waals surface area contributed by atoms with Crippen LogP contribution in [0.2, 0.25) is 0 Å². The molecule has 0 aliphatic carbocycles. The molecule has 0 aromatic heterocycles. The molecule has 1 atom stereocenters. The van der Waals surface area contributed by atoms with E-state index in [1.54, 1.807) is 0 Å². The average molecular weight is 248 g/mol. The first-order valence-corrected chi connectivity index (χ1v) is 6.18. The Morgan fingerprint density at radius 3 is 2.78 bits per heavy atom. The molecular weight excluding hydrogens is 232 g/mol. The second-order valence-corrected chi connectivity index (χ2v) is 4.50. The van der Waals surface area contributed by atoms with E-state index in [2.05, 4.69) is 0 Å². The van der Waals surface area contributed by atoms with Crippen LogP contribution in [0, 0.1) is 0 Å². The van der Waals surface area contributed by atoms with Crippen LogP contribution in [0.4, 0.5) is 0 Å². The number of nitrogens with zero attached hydrogens (tertiary/aromatic N) is 1. The van der Waals surface area contributed by atoms with Crippen LogP contribution in [0.25, 0.3) is 0 Å². The zero-order chi connectivity index (χ0) is 12.5. The van der Waals surface area contributed by atoms with Crippen molar-refractivity contribution >= 4 is 5.91 Å². The highest BCUT2D eigenvalue weighted by molar-refractivity contribution is 5.83. The number of ether oxygens (including phenoxy) is 2. The molecule has 2 aliphatic rings. The highest BCUT2D eigenvalue weighted by Crippen LogP contribution is 2.39. The summed E-state index contributed by atoms with van der Waals surface area (Å²) >= 11 is 0. The van der Waals surface area contributed by atoms with Gasteiger partial charge in [0.2, 0.25) is 5.91 Å². The minimum Gasteiger partial charge on any atom is -0.486 e. The third kappa shape index (κ3) is 1.80. The van der Waals surface area contributed by atoms with Crippen molar-refractivity contribution in [3.63, 3.8) is 0 Å². The lowest BCUT2D eigenvalue weighted by molar-refractivity contribution is -0.146. The molecule has 1 aromatic carbocycles. The molecule has 96 valence electrons. The molecule has 0 radical (unpaired) electrons. The Balaban J connectivity index is 1.82. The highest BCUT2D eigenvalue weighted by Gasteiger charge is 2.36. The van der Waals surface area contributed by atoms with Crippen molar-refractivity contribution in [3.05, 3.63) is 23.8 Å². The summed E-state index contributed by atoms with van der Waals surface area (Å²) in [7, 11) is 0. The monoisotopic (exact) mass is 248 g/mol. The lowest BCUT2D eigenvalue weighted by atomic mass is 9.93. The van der Waals surface area contributed by atoms with Crippen molar-refractivity contribution in [3.8, 4) is 11.5 Å². The first-order chi connectivity index (χ1) is 8.79. The zero-order valence-corrected chi connectivity index (χ0v) is 10.1. The van der Waals surface area contributed by atoms with Crippen molar-refractivity contribution < 1.29 is 14.3 Å². The van der Waals surface area contributed by atoms with Crippen molar-refractivity contribution in [1.29, 1.82) is 0 Å². The van der Waals surface area contributed by atoms with Crippen LogP contribution in [-0.4, -0.2) is 37.1 Å². The molecule has 2 heterocycles. The lowest BCUT2D eigenvalue weighted by Gasteiger charge is -2.40. The van der Waals surface area contributed by atoms with Gasteiger partial charge in [-0.15, -0.1) is 0 Å². The number of carbonyl (C=O) groups is 1. The van der Waals surface area contributed by atoms with E-state index in [9.17, 15) is 4.79 Å². The second-order valence-electron chi connectivity index (χ2n) is 4.50. The summed E-state index contributed by atoms with van der Waals surface area (Å²) in [5, 5.41) is 0. The van der Waals surface area contributed by atoms with Crippen molar-refractivity contribution in [2.45, 2.75) is 12.5 Å². The van der Waals surface area contributed by atoms with Crippen molar-refractivity contribution in [1.82, 2.24) is 4.90 Å². The average Bonchev–Trinajstić information content (AvgIpc) is 2.41. The highest BCUT2D eigenvalue weighted by atomic mass is 16.6. The molecule has 5 heteroatoms. The molecule has 1 amide bonds. The van der Waals surface area contributed by atoms with E-state index in [1.165, 1.54) is 0 Å². The van der Waals surface area contributed by atoms with E-state index in [-0.39, 0.29) is 11.9 Å². The van der Waals surface area contributed by atoms with E-state index >= 15 is 0 Å². The molecule has 1 fully saturated rings. The summed E-state index contributed by atoms with van der Waals surface area (Å²) in [6, 6.07) is 6.01. The number of likely N-dealkylation sites (tertiary alicyclic amines) is 1. The number of benzene rings is 1. The first kappa shape index (κ1) is 11.3. The number of hydrogen-bond acceptors (Lipinski definition) is 4. The van der Waals surface area contributed by atoms with E-state index in [0.29, 0.717) is 32.7 Å². The molecule has 2 aliphatic heterocycles. The van der Waals surface area contributed by atoms with Crippen molar-refractivity contribution in [2.75, 3.05) is 26.3 Å². The Morgan fingerprint density at radius 2 is 2.06 bits per heavy atom. The summed E-state index contributed by atoms with van der Waals surface area (Å²) in [6.07, 6.45) is 0.555. The quantitative estimate of drug-likeness (QED) is 0.799. The van der Waals surface area contributed by atoms with Gasteiger partial charge in [-0.05, 0) is 17.7 Å². The van der Waals surface area contributed by atoms with Crippen molar-refractivity contribution in [2.24, 2.45) is 5.73 Å². The maximum atomic E-state index is 11.5. The van der Waals surface area contributed by atoms with Gasteiger partial charge in [-0.25, -0.2) is 0 Å². The molecule has 1 aromatic rings. The Bertz CT molecular complexity index is 475. The van der Waals surface area contributed by atoms with Gasteiger partial charge in [0.05, 0.1) is 12.5 Å². The maximum Gasteiger partial charge on any atom is 0.225 e. The van der Waals surface area contributed by atoms with Gasteiger partial charge in [0.1, 0.15) is 13.2 Å². The summed E-state index contributed by atoms with van der Waals surface area (Å²) in [4.78, 5) is 13.3. The molecule has 0 saturated carbocycles. The van der Waals surface area contributed by atoms with Crippen LogP contribution in [-0.2, 0) is 4.79 Å². The number of nitrogens with two attached hydrogens (primary N) is 1. The van der Waals surface area contributed by atoms with Crippen LogP contribution in [0.3, 0.4) is 0 Å². The predicted molar refractivity (Wildman–Crippen MR) is 65.6 cm³/mol. The second kappa shape index (κ2) is 4.49. The zero-order valence-electron chi connectivity index (χ0n) is 10.1. The number of fused-ring (bicyclic) bond motifs is 1. The van der Waals surface area contributed by atoms with Gasteiger partial charge < -0.3 is 20.1 Å². The Morgan fingerprint density at radius 1 is 1.28 bits per heavy atom. The molecule has 18 heavy (non-hydrogen) atoms. The third-order valence-electron chi connectivity index (χ3n) is 3.39. The van der Waals surface area contributed by atoms with Gasteiger partial charge in [0, 0.05) is 13.1 Å². The predicted octanol–water partition coefficient (Wildman–Crippen LogP) is 0.690. The SMILES string of the molecule is NCCN1C(=O)CC1c1ccc2c(c1)OCCO2. The largest absolute Gasteiger partial charge is 0.486 e. The standard InChI is InChI=1S/C13H16N2O3/c14-3-4-15-10(8-13(15)16)9-1-2-11-12(7-9)18-6-5-17-11/h1-2,7,10H,3-6,8,14H2. The Labute approximate surface area is 105 Å². The summed E-state index contributed by atoms with van der Waals surface area (Å²) in [5.74, 6) is 1.71. The van der Waals surface area contributed by atoms with E-state index in [4.69, 9.17) is 15.2 Å². The molecule has 1 saturated heterocycles. The Kier molecular flexibility index (Phi) is 2.83. The fourth-order valence-corrected chi connectivity index (χ4v) is 2.44. The number of hydrogen-bond donors (Lipinski definition) is 1. The molecule has 5 nitrogen and oxygen atoms in total. The maximum absolute atomic E-state index is 11.5. The van der Waals surface area contributed by atoms with Crippen LogP contribution in [0.5, 0.6) is 11.5 Å². The molecule has 0 spiro atoms. The smallest absolute Gasteiger partial charge is 0.225 e. The third-order valence-corrected chi connectivity index (χ3v) is 3.39. The number of carbonyl (C=O) groups excluding carboxylic acids is 1. The van der Waals surface area contributed by atoms with Crippen LogP contribution in [0.15, 0.2) is 18.2 Å². The summed E-state index contributed by atoms with van der Waals surface area (Å²) < 4.78 is 11.0. The normalized spacial score (nSPS) is 21.7. The number of β-lactam (4-membered cyclic amide) rings is 1.